The fourth-order valence-corrected chi connectivity index (χ4v) is 1.97. The number of hydrogen-bond acceptors (Lipinski definition) is 5. The van der Waals surface area contributed by atoms with Crippen LogP contribution in [0.25, 0.3) is 0 Å². The zero-order valence-corrected chi connectivity index (χ0v) is 13.1. The number of ketones is 1. The normalized spacial score (nSPS) is 11.1. The summed E-state index contributed by atoms with van der Waals surface area (Å²) in [6, 6.07) is 7.42. The standard InChI is InChI=1S/C17H23NO4/c1-3-7-16(20)14(17(21)22-4-2)12-18-15-9-6-5-8-13(15)10-11-19/h5-6,8-9,12,18-19H,3-4,7,10-11H2,1-2H3. The van der Waals surface area contributed by atoms with E-state index in [1.54, 1.807) is 6.92 Å². The third-order valence-electron chi connectivity index (χ3n) is 3.04. The monoisotopic (exact) mass is 305 g/mol. The number of anilines is 1. The van der Waals surface area contributed by atoms with E-state index in [-0.39, 0.29) is 24.6 Å². The van der Waals surface area contributed by atoms with Crippen LogP contribution in [0.3, 0.4) is 0 Å². The molecular weight excluding hydrogens is 282 g/mol. The lowest BCUT2D eigenvalue weighted by Crippen LogP contribution is -2.17. The van der Waals surface area contributed by atoms with Crippen LogP contribution < -0.4 is 5.32 Å². The van der Waals surface area contributed by atoms with E-state index in [2.05, 4.69) is 5.32 Å². The molecule has 0 aromatic heterocycles. The van der Waals surface area contributed by atoms with Crippen molar-refractivity contribution in [1.29, 1.82) is 0 Å². The maximum Gasteiger partial charge on any atom is 0.343 e. The lowest BCUT2D eigenvalue weighted by atomic mass is 10.1. The summed E-state index contributed by atoms with van der Waals surface area (Å²) in [4.78, 5) is 23.9. The van der Waals surface area contributed by atoms with Crippen molar-refractivity contribution in [3.8, 4) is 0 Å². The first-order valence-corrected chi connectivity index (χ1v) is 7.49. The van der Waals surface area contributed by atoms with Gasteiger partial charge in [0.1, 0.15) is 5.57 Å². The quantitative estimate of drug-likeness (QED) is 0.317. The number of para-hydroxylation sites is 1. The predicted octanol–water partition coefficient (Wildman–Crippen LogP) is 2.45. The Kier molecular flexibility index (Phi) is 7.92. The predicted molar refractivity (Wildman–Crippen MR) is 85.5 cm³/mol. The molecule has 120 valence electrons. The molecule has 0 unspecified atom stereocenters. The third kappa shape index (κ3) is 5.33. The first-order chi connectivity index (χ1) is 10.6. The highest BCUT2D eigenvalue weighted by atomic mass is 16.5. The van der Waals surface area contributed by atoms with E-state index >= 15 is 0 Å². The second-order valence-electron chi connectivity index (χ2n) is 4.73. The van der Waals surface area contributed by atoms with Crippen LogP contribution in [0.15, 0.2) is 36.0 Å². The van der Waals surface area contributed by atoms with Crippen LogP contribution in [-0.2, 0) is 20.7 Å². The Hall–Kier alpha value is -2.14. The number of benzene rings is 1. The highest BCUT2D eigenvalue weighted by molar-refractivity contribution is 6.17. The van der Waals surface area contributed by atoms with Gasteiger partial charge in [0.05, 0.1) is 6.61 Å². The highest BCUT2D eigenvalue weighted by Gasteiger charge is 2.18. The second kappa shape index (κ2) is 9.73. The number of carbonyl (C=O) groups is 2. The average Bonchev–Trinajstić information content (AvgIpc) is 2.50. The molecule has 0 bridgehead atoms. The van der Waals surface area contributed by atoms with Gasteiger partial charge in [0.2, 0.25) is 0 Å². The maximum atomic E-state index is 12.0. The van der Waals surface area contributed by atoms with E-state index in [1.807, 2.05) is 31.2 Å². The molecule has 0 saturated carbocycles. The zero-order chi connectivity index (χ0) is 16.4. The van der Waals surface area contributed by atoms with Crippen LogP contribution in [0, 0.1) is 0 Å². The number of rotatable bonds is 9. The molecule has 0 spiro atoms. The van der Waals surface area contributed by atoms with E-state index in [0.717, 1.165) is 11.3 Å². The van der Waals surface area contributed by atoms with Crippen LogP contribution >= 0.6 is 0 Å². The molecule has 0 radical (unpaired) electrons. The smallest absolute Gasteiger partial charge is 0.343 e. The molecule has 0 aliphatic carbocycles. The molecule has 0 aliphatic rings. The Bertz CT molecular complexity index is 517. The molecular formula is C17H23NO4. The Morgan fingerprint density at radius 2 is 2.00 bits per heavy atom. The Morgan fingerprint density at radius 1 is 1.27 bits per heavy atom. The molecule has 0 atom stereocenters. The lowest BCUT2D eigenvalue weighted by Gasteiger charge is -2.10. The highest BCUT2D eigenvalue weighted by Crippen LogP contribution is 2.16. The molecule has 0 saturated heterocycles. The van der Waals surface area contributed by atoms with Gasteiger partial charge in [-0.15, -0.1) is 0 Å². The summed E-state index contributed by atoms with van der Waals surface area (Å²) < 4.78 is 4.93. The van der Waals surface area contributed by atoms with Gasteiger partial charge in [-0.05, 0) is 31.4 Å². The molecule has 5 nitrogen and oxygen atoms in total. The van der Waals surface area contributed by atoms with Crippen LogP contribution in [0.4, 0.5) is 5.69 Å². The fourth-order valence-electron chi connectivity index (χ4n) is 1.97. The van der Waals surface area contributed by atoms with Crippen LogP contribution in [-0.4, -0.2) is 30.1 Å². The maximum absolute atomic E-state index is 12.0. The minimum absolute atomic E-state index is 0.0162. The third-order valence-corrected chi connectivity index (χ3v) is 3.04. The van der Waals surface area contributed by atoms with Crippen LogP contribution in [0.5, 0.6) is 0 Å². The van der Waals surface area contributed by atoms with Crippen LogP contribution in [0.2, 0.25) is 0 Å². The summed E-state index contributed by atoms with van der Waals surface area (Å²) in [6.45, 7) is 3.83. The largest absolute Gasteiger partial charge is 0.462 e. The molecule has 0 aliphatic heterocycles. The van der Waals surface area contributed by atoms with Gasteiger partial charge in [0.25, 0.3) is 0 Å². The van der Waals surface area contributed by atoms with E-state index in [0.29, 0.717) is 19.3 Å². The molecule has 1 rings (SSSR count). The molecule has 0 fully saturated rings. The Balaban J connectivity index is 2.97. The first-order valence-electron chi connectivity index (χ1n) is 7.49. The lowest BCUT2D eigenvalue weighted by molar-refractivity contribution is -0.140. The van der Waals surface area contributed by atoms with Crippen molar-refractivity contribution >= 4 is 17.4 Å². The van der Waals surface area contributed by atoms with Gasteiger partial charge in [0, 0.05) is 24.9 Å². The molecule has 22 heavy (non-hydrogen) atoms. The molecule has 1 aromatic carbocycles. The van der Waals surface area contributed by atoms with E-state index in [1.165, 1.54) is 6.20 Å². The number of aliphatic hydroxyl groups excluding tert-OH is 1. The topological polar surface area (TPSA) is 75.6 Å². The summed E-state index contributed by atoms with van der Waals surface area (Å²) in [5.41, 5.74) is 1.68. The average molecular weight is 305 g/mol. The van der Waals surface area contributed by atoms with Crippen molar-refractivity contribution in [1.82, 2.24) is 0 Å². The number of Topliss-reactive ketones (excluding diaryl/α,β-unsaturated/α-hetero) is 1. The van der Waals surface area contributed by atoms with Gasteiger partial charge in [-0.3, -0.25) is 4.79 Å². The minimum Gasteiger partial charge on any atom is -0.462 e. The van der Waals surface area contributed by atoms with Gasteiger partial charge >= 0.3 is 5.97 Å². The van der Waals surface area contributed by atoms with E-state index < -0.39 is 5.97 Å². The van der Waals surface area contributed by atoms with Crippen molar-refractivity contribution in [3.05, 3.63) is 41.6 Å². The number of ether oxygens (including phenoxy) is 1. The summed E-state index contributed by atoms with van der Waals surface area (Å²) in [5, 5.41) is 12.0. The van der Waals surface area contributed by atoms with E-state index in [4.69, 9.17) is 9.84 Å². The van der Waals surface area contributed by atoms with E-state index in [9.17, 15) is 9.59 Å². The molecule has 0 amide bonds. The first kappa shape index (κ1) is 17.9. The van der Waals surface area contributed by atoms with Crippen molar-refractivity contribution in [2.45, 2.75) is 33.1 Å². The molecule has 5 heteroatoms. The number of carbonyl (C=O) groups excluding carboxylic acids is 2. The van der Waals surface area contributed by atoms with Crippen molar-refractivity contribution in [3.63, 3.8) is 0 Å². The van der Waals surface area contributed by atoms with Crippen LogP contribution in [0.1, 0.15) is 32.3 Å². The number of esters is 1. The summed E-state index contributed by atoms with van der Waals surface area (Å²) in [7, 11) is 0. The van der Waals surface area contributed by atoms with Crippen molar-refractivity contribution in [2.24, 2.45) is 0 Å². The summed E-state index contributed by atoms with van der Waals surface area (Å²) >= 11 is 0. The second-order valence-corrected chi connectivity index (χ2v) is 4.73. The van der Waals surface area contributed by atoms with Gasteiger partial charge < -0.3 is 15.2 Å². The van der Waals surface area contributed by atoms with Gasteiger partial charge in [-0.1, -0.05) is 25.1 Å². The van der Waals surface area contributed by atoms with Gasteiger partial charge in [0.15, 0.2) is 5.78 Å². The summed E-state index contributed by atoms with van der Waals surface area (Å²) in [6.07, 6.45) is 2.85. The van der Waals surface area contributed by atoms with Crippen molar-refractivity contribution < 1.29 is 19.4 Å². The fraction of sp³-hybridized carbons (Fsp3) is 0.412. The van der Waals surface area contributed by atoms with Gasteiger partial charge in [-0.25, -0.2) is 4.79 Å². The molecule has 2 N–H and O–H groups in total. The zero-order valence-electron chi connectivity index (χ0n) is 13.1. The Morgan fingerprint density at radius 3 is 2.64 bits per heavy atom. The number of nitrogens with one attached hydrogen (secondary N) is 1. The number of hydrogen-bond donors (Lipinski definition) is 2. The van der Waals surface area contributed by atoms with Crippen molar-refractivity contribution in [2.75, 3.05) is 18.5 Å². The molecule has 0 heterocycles. The summed E-state index contributed by atoms with van der Waals surface area (Å²) in [5.74, 6) is -0.860. The minimum atomic E-state index is -0.618. The molecule has 1 aromatic rings. The number of aliphatic hydroxyl groups is 1. The Labute approximate surface area is 131 Å². The SMILES string of the molecule is CCCC(=O)C(=CNc1ccccc1CCO)C(=O)OCC. The van der Waals surface area contributed by atoms with Gasteiger partial charge in [-0.2, -0.15) is 0 Å².